The molecule has 32 heavy (non-hydrogen) atoms. The molecule has 1 aromatic rings. The second-order valence-corrected chi connectivity index (χ2v) is 8.17. The van der Waals surface area contributed by atoms with Crippen LogP contribution in [0.25, 0.3) is 5.57 Å². The van der Waals surface area contributed by atoms with Gasteiger partial charge in [0.15, 0.2) is 11.3 Å². The minimum Gasteiger partial charge on any atom is -0.434 e. The number of piperidine rings is 1. The SMILES string of the molecule is CCOC(=O)OC1=C(c2c(C)cc(C)cc2C)C(=O)[NH+](OCOC)C12CCN(OC)CC2. The van der Waals surface area contributed by atoms with Crippen molar-refractivity contribution >= 4 is 17.6 Å². The van der Waals surface area contributed by atoms with Crippen LogP contribution in [-0.2, 0) is 28.7 Å². The van der Waals surface area contributed by atoms with Crippen molar-refractivity contribution in [2.45, 2.75) is 46.1 Å². The van der Waals surface area contributed by atoms with E-state index >= 15 is 0 Å². The molecule has 1 saturated heterocycles. The zero-order chi connectivity index (χ0) is 23.5. The summed E-state index contributed by atoms with van der Waals surface area (Å²) in [6.45, 7) is 8.78. The Morgan fingerprint density at radius 1 is 1.12 bits per heavy atom. The second-order valence-electron chi connectivity index (χ2n) is 8.17. The lowest BCUT2D eigenvalue weighted by molar-refractivity contribution is -1.06. The maximum atomic E-state index is 13.8. The Bertz CT molecular complexity index is 881. The predicted molar refractivity (Wildman–Crippen MR) is 115 cm³/mol. The first-order valence-electron chi connectivity index (χ1n) is 10.8. The highest BCUT2D eigenvalue weighted by molar-refractivity contribution is 6.19. The van der Waals surface area contributed by atoms with Gasteiger partial charge in [-0.25, -0.2) is 9.59 Å². The summed E-state index contributed by atoms with van der Waals surface area (Å²) in [7, 11) is 3.11. The quantitative estimate of drug-likeness (QED) is 0.499. The van der Waals surface area contributed by atoms with Crippen LogP contribution in [0.3, 0.4) is 0 Å². The van der Waals surface area contributed by atoms with Crippen molar-refractivity contribution in [1.29, 1.82) is 0 Å². The number of hydrogen-bond donors (Lipinski definition) is 1. The van der Waals surface area contributed by atoms with Crippen molar-refractivity contribution < 1.29 is 38.5 Å². The van der Waals surface area contributed by atoms with Crippen LogP contribution < -0.4 is 5.06 Å². The van der Waals surface area contributed by atoms with Crippen LogP contribution >= 0.6 is 0 Å². The number of nitrogens with zero attached hydrogens (tertiary/aromatic N) is 1. The number of carbonyl (C=O) groups excluding carboxylic acids is 2. The molecule has 1 atom stereocenters. The molecule has 2 heterocycles. The third kappa shape index (κ3) is 4.44. The molecule has 0 saturated carbocycles. The average Bonchev–Trinajstić information content (AvgIpc) is 2.94. The van der Waals surface area contributed by atoms with Gasteiger partial charge >= 0.3 is 12.1 Å². The van der Waals surface area contributed by atoms with Gasteiger partial charge in [-0.3, -0.25) is 0 Å². The maximum Gasteiger partial charge on any atom is 0.513 e. The number of ether oxygens (including phenoxy) is 3. The normalized spacial score (nSPS) is 20.8. The topological polar surface area (TPSA) is 88.0 Å². The number of quaternary nitrogens is 1. The van der Waals surface area contributed by atoms with Gasteiger partial charge in [0.1, 0.15) is 5.57 Å². The monoisotopic (exact) mass is 449 g/mol. The van der Waals surface area contributed by atoms with Gasteiger partial charge in [-0.15, -0.1) is 5.06 Å². The van der Waals surface area contributed by atoms with Crippen LogP contribution in [-0.4, -0.2) is 63.4 Å². The lowest BCUT2D eigenvalue weighted by atomic mass is 9.84. The molecule has 2 aliphatic rings. The molecule has 0 aromatic heterocycles. The number of methoxy groups -OCH3 is 1. The number of hydrogen-bond acceptors (Lipinski definition) is 8. The largest absolute Gasteiger partial charge is 0.513 e. The van der Waals surface area contributed by atoms with Crippen molar-refractivity contribution in [1.82, 2.24) is 5.06 Å². The highest BCUT2D eigenvalue weighted by Crippen LogP contribution is 2.40. The molecule has 3 rings (SSSR count). The van der Waals surface area contributed by atoms with Crippen molar-refractivity contribution in [2.75, 3.05) is 40.7 Å². The number of benzene rings is 1. The Morgan fingerprint density at radius 3 is 2.28 bits per heavy atom. The Labute approximate surface area is 188 Å². The molecule has 0 bridgehead atoms. The molecule has 1 aromatic carbocycles. The zero-order valence-corrected chi connectivity index (χ0v) is 19.7. The van der Waals surface area contributed by atoms with E-state index in [4.69, 9.17) is 23.9 Å². The van der Waals surface area contributed by atoms with Crippen molar-refractivity contribution in [3.63, 3.8) is 0 Å². The number of rotatable bonds is 7. The van der Waals surface area contributed by atoms with E-state index in [2.05, 4.69) is 0 Å². The summed E-state index contributed by atoms with van der Waals surface area (Å²) in [5.74, 6) is 0.000118. The zero-order valence-electron chi connectivity index (χ0n) is 19.7. The summed E-state index contributed by atoms with van der Waals surface area (Å²) in [5.41, 5.74) is 3.14. The van der Waals surface area contributed by atoms with Crippen LogP contribution in [0.2, 0.25) is 0 Å². The highest BCUT2D eigenvalue weighted by Gasteiger charge is 2.62. The van der Waals surface area contributed by atoms with Crippen molar-refractivity contribution in [3.8, 4) is 0 Å². The number of aryl methyl sites for hydroxylation is 3. The number of hydroxylamine groups is 4. The predicted octanol–water partition coefficient (Wildman–Crippen LogP) is 1.85. The van der Waals surface area contributed by atoms with E-state index in [1.165, 1.54) is 7.11 Å². The van der Waals surface area contributed by atoms with Crippen LogP contribution in [0.15, 0.2) is 17.9 Å². The van der Waals surface area contributed by atoms with Gasteiger partial charge in [-0.2, -0.15) is 9.90 Å². The number of carbonyl (C=O) groups is 2. The van der Waals surface area contributed by atoms with E-state index in [1.807, 2.05) is 38.0 Å². The van der Waals surface area contributed by atoms with Crippen LogP contribution in [0.4, 0.5) is 4.79 Å². The third-order valence-electron chi connectivity index (χ3n) is 6.06. The minimum absolute atomic E-state index is 0.0807. The molecule has 1 N–H and O–H groups in total. The second kappa shape index (κ2) is 10.1. The first-order valence-corrected chi connectivity index (χ1v) is 10.8. The lowest BCUT2D eigenvalue weighted by Crippen LogP contribution is -3.20. The van der Waals surface area contributed by atoms with E-state index in [9.17, 15) is 9.59 Å². The maximum absolute atomic E-state index is 13.8. The number of nitrogens with one attached hydrogen (secondary N) is 1. The summed E-state index contributed by atoms with van der Waals surface area (Å²) in [4.78, 5) is 37.5. The summed E-state index contributed by atoms with van der Waals surface area (Å²) >= 11 is 0. The molecule has 1 spiro atoms. The summed E-state index contributed by atoms with van der Waals surface area (Å²) < 4.78 is 16.0. The van der Waals surface area contributed by atoms with E-state index in [1.54, 1.807) is 14.0 Å². The number of amides is 1. The third-order valence-corrected chi connectivity index (χ3v) is 6.06. The van der Waals surface area contributed by atoms with Gasteiger partial charge in [-0.1, -0.05) is 17.7 Å². The fraction of sp³-hybridized carbons (Fsp3) is 0.565. The molecule has 1 amide bonds. The Morgan fingerprint density at radius 2 is 1.75 bits per heavy atom. The molecule has 1 unspecified atom stereocenters. The van der Waals surface area contributed by atoms with Gasteiger partial charge in [0, 0.05) is 38.6 Å². The van der Waals surface area contributed by atoms with Crippen molar-refractivity contribution in [3.05, 3.63) is 40.1 Å². The average molecular weight is 450 g/mol. The van der Waals surface area contributed by atoms with Gasteiger partial charge < -0.3 is 19.0 Å². The summed E-state index contributed by atoms with van der Waals surface area (Å²) in [5, 5.41) is 2.05. The molecule has 9 nitrogen and oxygen atoms in total. The van der Waals surface area contributed by atoms with E-state index in [-0.39, 0.29) is 30.1 Å². The lowest BCUT2D eigenvalue weighted by Gasteiger charge is -2.38. The summed E-state index contributed by atoms with van der Waals surface area (Å²) in [6, 6.07) is 4.03. The van der Waals surface area contributed by atoms with E-state index in [0.29, 0.717) is 31.5 Å². The molecular weight excluding hydrogens is 416 g/mol. The molecule has 2 aliphatic heterocycles. The van der Waals surface area contributed by atoms with Gasteiger partial charge in [-0.05, 0) is 38.8 Å². The molecule has 1 fully saturated rings. The molecule has 176 valence electrons. The minimum atomic E-state index is -0.906. The molecular formula is C23H33N2O7+. The Hall–Kier alpha value is -2.30. The fourth-order valence-electron chi connectivity index (χ4n) is 4.78. The Balaban J connectivity index is 2.21. The van der Waals surface area contributed by atoms with Gasteiger partial charge in [0.25, 0.3) is 0 Å². The van der Waals surface area contributed by atoms with E-state index in [0.717, 1.165) is 22.3 Å². The molecule has 0 aliphatic carbocycles. The van der Waals surface area contributed by atoms with Gasteiger partial charge in [0.2, 0.25) is 6.79 Å². The smallest absolute Gasteiger partial charge is 0.434 e. The fourth-order valence-corrected chi connectivity index (χ4v) is 4.78. The standard InChI is InChI=1S/C23H32N2O7/c1-7-30-22(27)32-20-19(18-16(3)12-15(2)13-17(18)4)21(26)25(31-14-28-5)23(20)8-10-24(29-6)11-9-23/h12-13H,7-11,14H2,1-6H3/p+1. The highest BCUT2D eigenvalue weighted by atomic mass is 16.8. The van der Waals surface area contributed by atoms with Crippen LogP contribution in [0, 0.1) is 20.8 Å². The van der Waals surface area contributed by atoms with Crippen LogP contribution in [0.1, 0.15) is 42.0 Å². The first kappa shape index (κ1) is 24.3. The van der Waals surface area contributed by atoms with Gasteiger partial charge in [0.05, 0.1) is 13.7 Å². The summed E-state index contributed by atoms with van der Waals surface area (Å²) in [6.07, 6.45) is 0.124. The molecule has 9 heteroatoms. The van der Waals surface area contributed by atoms with Crippen LogP contribution in [0.5, 0.6) is 0 Å². The van der Waals surface area contributed by atoms with Crippen molar-refractivity contribution in [2.24, 2.45) is 0 Å². The Kier molecular flexibility index (Phi) is 7.68. The first-order chi connectivity index (χ1) is 15.3. The molecule has 0 radical (unpaired) electrons. The van der Waals surface area contributed by atoms with E-state index < -0.39 is 11.7 Å².